The number of hydrogen-bond acceptors (Lipinski definition) is 4. The molecule has 1 aromatic rings. The average molecular weight is 351 g/mol. The number of carbonyl (C=O) groups excluding carboxylic acids is 1. The number of nitrogens with zero attached hydrogens (tertiary/aromatic N) is 3. The Morgan fingerprint density at radius 1 is 1.62 bits per heavy atom. The molecule has 0 radical (unpaired) electrons. The zero-order valence-electron chi connectivity index (χ0n) is 12.1. The van der Waals surface area contributed by atoms with Gasteiger partial charge in [-0.2, -0.15) is 5.26 Å². The van der Waals surface area contributed by atoms with Gasteiger partial charge in [0.25, 0.3) is 5.91 Å². The minimum Gasteiger partial charge on any atom is -0.369 e. The molecule has 0 saturated heterocycles. The standard InChI is InChI=1S/C15H19BrN4O/c1-2-7-18-14-13(9-11(16)10-19-14)15(21)20(8-3-6-17)12-4-5-12/h9-10,12H,2-5,7-8H2,1H3,(H,18,19). The first-order valence-electron chi connectivity index (χ1n) is 7.24. The van der Waals surface area contributed by atoms with Crippen LogP contribution >= 0.6 is 15.9 Å². The van der Waals surface area contributed by atoms with E-state index in [9.17, 15) is 4.79 Å². The van der Waals surface area contributed by atoms with E-state index in [1.807, 2.05) is 4.90 Å². The van der Waals surface area contributed by atoms with Crippen molar-refractivity contribution in [3.63, 3.8) is 0 Å². The van der Waals surface area contributed by atoms with Gasteiger partial charge in [0.1, 0.15) is 5.82 Å². The van der Waals surface area contributed by atoms with Crippen molar-refractivity contribution in [3.05, 3.63) is 22.3 Å². The first-order chi connectivity index (χ1) is 10.2. The zero-order valence-corrected chi connectivity index (χ0v) is 13.7. The van der Waals surface area contributed by atoms with Gasteiger partial charge in [0.15, 0.2) is 0 Å². The lowest BCUT2D eigenvalue weighted by Gasteiger charge is -2.22. The van der Waals surface area contributed by atoms with Crippen molar-refractivity contribution in [1.29, 1.82) is 5.26 Å². The summed E-state index contributed by atoms with van der Waals surface area (Å²) in [5.41, 5.74) is 0.572. The highest BCUT2D eigenvalue weighted by atomic mass is 79.9. The van der Waals surface area contributed by atoms with Crippen molar-refractivity contribution in [2.45, 2.75) is 38.6 Å². The van der Waals surface area contributed by atoms with Gasteiger partial charge in [-0.25, -0.2) is 4.98 Å². The number of halogens is 1. The molecule has 0 bridgehead atoms. The number of nitriles is 1. The van der Waals surface area contributed by atoms with Crippen molar-refractivity contribution in [3.8, 4) is 6.07 Å². The Balaban J connectivity index is 2.23. The predicted molar refractivity (Wildman–Crippen MR) is 85.0 cm³/mol. The maximum atomic E-state index is 12.8. The quantitative estimate of drug-likeness (QED) is 0.819. The van der Waals surface area contributed by atoms with E-state index in [-0.39, 0.29) is 11.9 Å². The fraction of sp³-hybridized carbons (Fsp3) is 0.533. The SMILES string of the molecule is CCCNc1ncc(Br)cc1C(=O)N(CCC#N)C1CC1. The van der Waals surface area contributed by atoms with Crippen molar-refractivity contribution in [1.82, 2.24) is 9.88 Å². The molecule has 1 aromatic heterocycles. The maximum absolute atomic E-state index is 12.8. The van der Waals surface area contributed by atoms with Crippen LogP contribution in [-0.4, -0.2) is 34.9 Å². The Hall–Kier alpha value is -1.61. The van der Waals surface area contributed by atoms with Crippen LogP contribution in [-0.2, 0) is 0 Å². The molecule has 21 heavy (non-hydrogen) atoms. The van der Waals surface area contributed by atoms with E-state index < -0.39 is 0 Å². The Morgan fingerprint density at radius 3 is 3.00 bits per heavy atom. The average Bonchev–Trinajstić information content (AvgIpc) is 3.31. The molecule has 2 rings (SSSR count). The smallest absolute Gasteiger partial charge is 0.257 e. The molecule has 5 nitrogen and oxygen atoms in total. The molecule has 1 amide bonds. The molecule has 1 fully saturated rings. The summed E-state index contributed by atoms with van der Waals surface area (Å²) in [7, 11) is 0. The monoisotopic (exact) mass is 350 g/mol. The first kappa shape index (κ1) is 15.8. The highest BCUT2D eigenvalue weighted by Crippen LogP contribution is 2.30. The first-order valence-corrected chi connectivity index (χ1v) is 8.04. The van der Waals surface area contributed by atoms with Gasteiger partial charge in [-0.15, -0.1) is 0 Å². The molecule has 1 N–H and O–H groups in total. The fourth-order valence-electron chi connectivity index (χ4n) is 2.15. The third kappa shape index (κ3) is 4.18. The third-order valence-corrected chi connectivity index (χ3v) is 3.77. The van der Waals surface area contributed by atoms with Crippen LogP contribution in [0.4, 0.5) is 5.82 Å². The largest absolute Gasteiger partial charge is 0.369 e. The Bertz CT molecular complexity index is 551. The third-order valence-electron chi connectivity index (χ3n) is 3.34. The van der Waals surface area contributed by atoms with Crippen LogP contribution in [0, 0.1) is 11.3 Å². The summed E-state index contributed by atoms with van der Waals surface area (Å²) in [6.07, 6.45) is 5.06. The van der Waals surface area contributed by atoms with Crippen LogP contribution in [0.3, 0.4) is 0 Å². The molecule has 1 heterocycles. The van der Waals surface area contributed by atoms with Gasteiger partial charge in [0, 0.05) is 29.8 Å². The van der Waals surface area contributed by atoms with E-state index in [0.717, 1.165) is 30.3 Å². The topological polar surface area (TPSA) is 69.0 Å². The number of rotatable bonds is 7. The second-order valence-electron chi connectivity index (χ2n) is 5.11. The number of carbonyl (C=O) groups is 1. The molecule has 0 aromatic carbocycles. The summed E-state index contributed by atoms with van der Waals surface area (Å²) in [5, 5.41) is 12.0. The van der Waals surface area contributed by atoms with Gasteiger partial charge in [-0.05, 0) is 41.3 Å². The van der Waals surface area contributed by atoms with E-state index in [0.29, 0.717) is 24.3 Å². The van der Waals surface area contributed by atoms with Crippen molar-refractivity contribution < 1.29 is 4.79 Å². The van der Waals surface area contributed by atoms with Crippen molar-refractivity contribution in [2.24, 2.45) is 0 Å². The van der Waals surface area contributed by atoms with E-state index in [4.69, 9.17) is 5.26 Å². The minimum atomic E-state index is -0.0415. The van der Waals surface area contributed by atoms with Crippen LogP contribution < -0.4 is 5.32 Å². The molecule has 0 unspecified atom stereocenters. The molecule has 1 aliphatic carbocycles. The highest BCUT2D eigenvalue weighted by molar-refractivity contribution is 9.10. The van der Waals surface area contributed by atoms with Crippen LogP contribution in [0.15, 0.2) is 16.7 Å². The second kappa shape index (κ2) is 7.41. The molecule has 112 valence electrons. The Kier molecular flexibility index (Phi) is 5.57. The van der Waals surface area contributed by atoms with Gasteiger partial charge in [0.2, 0.25) is 0 Å². The number of hydrogen-bond donors (Lipinski definition) is 1. The van der Waals surface area contributed by atoms with Crippen LogP contribution in [0.5, 0.6) is 0 Å². The number of nitrogens with one attached hydrogen (secondary N) is 1. The van der Waals surface area contributed by atoms with Gasteiger partial charge in [-0.3, -0.25) is 4.79 Å². The summed E-state index contributed by atoms with van der Waals surface area (Å²) in [6, 6.07) is 4.20. The van der Waals surface area contributed by atoms with E-state index >= 15 is 0 Å². The normalized spacial score (nSPS) is 13.6. The summed E-state index contributed by atoms with van der Waals surface area (Å²) >= 11 is 3.37. The summed E-state index contributed by atoms with van der Waals surface area (Å²) in [4.78, 5) is 18.9. The van der Waals surface area contributed by atoms with E-state index in [2.05, 4.69) is 39.2 Å². The molecule has 1 aliphatic rings. The van der Waals surface area contributed by atoms with E-state index in [1.54, 1.807) is 12.3 Å². The zero-order chi connectivity index (χ0) is 15.2. The lowest BCUT2D eigenvalue weighted by molar-refractivity contribution is 0.0747. The number of anilines is 1. The number of aromatic nitrogens is 1. The Morgan fingerprint density at radius 2 is 2.38 bits per heavy atom. The lowest BCUT2D eigenvalue weighted by atomic mass is 10.2. The molecule has 6 heteroatoms. The summed E-state index contributed by atoms with van der Waals surface area (Å²) in [5.74, 6) is 0.577. The predicted octanol–water partition coefficient (Wildman–Crippen LogP) is 3.18. The molecule has 1 saturated carbocycles. The van der Waals surface area contributed by atoms with Crippen LogP contribution in [0.1, 0.15) is 43.0 Å². The van der Waals surface area contributed by atoms with Gasteiger partial charge >= 0.3 is 0 Å². The van der Waals surface area contributed by atoms with Gasteiger partial charge in [0.05, 0.1) is 18.1 Å². The molecular weight excluding hydrogens is 332 g/mol. The number of pyridine rings is 1. The van der Waals surface area contributed by atoms with Crippen molar-refractivity contribution >= 4 is 27.7 Å². The van der Waals surface area contributed by atoms with Gasteiger partial charge in [-0.1, -0.05) is 6.92 Å². The number of amides is 1. The van der Waals surface area contributed by atoms with Crippen LogP contribution in [0.2, 0.25) is 0 Å². The molecule has 0 atom stereocenters. The molecular formula is C15H19BrN4O. The lowest BCUT2D eigenvalue weighted by Crippen LogP contribution is -2.34. The highest BCUT2D eigenvalue weighted by Gasteiger charge is 2.33. The minimum absolute atomic E-state index is 0.0415. The Labute approximate surface area is 133 Å². The maximum Gasteiger partial charge on any atom is 0.257 e. The summed E-state index contributed by atoms with van der Waals surface area (Å²) in [6.45, 7) is 3.33. The van der Waals surface area contributed by atoms with E-state index in [1.165, 1.54) is 0 Å². The summed E-state index contributed by atoms with van der Waals surface area (Å²) < 4.78 is 0.781. The second-order valence-corrected chi connectivity index (χ2v) is 6.03. The molecule has 0 aliphatic heterocycles. The van der Waals surface area contributed by atoms with Crippen molar-refractivity contribution in [2.75, 3.05) is 18.4 Å². The fourth-order valence-corrected chi connectivity index (χ4v) is 2.48. The van der Waals surface area contributed by atoms with Gasteiger partial charge < -0.3 is 10.2 Å². The van der Waals surface area contributed by atoms with Crippen LogP contribution in [0.25, 0.3) is 0 Å². The molecule has 0 spiro atoms.